The fourth-order valence-corrected chi connectivity index (χ4v) is 1.73. The average Bonchev–Trinajstić information content (AvgIpc) is 2.15. The van der Waals surface area contributed by atoms with Gasteiger partial charge in [-0.1, -0.05) is 26.2 Å². The Morgan fingerprint density at radius 3 is 2.62 bits per heavy atom. The summed E-state index contributed by atoms with van der Waals surface area (Å²) in [7, 11) is 0. The second kappa shape index (κ2) is 5.53. The van der Waals surface area contributed by atoms with Gasteiger partial charge in [-0.25, -0.2) is 0 Å². The first-order valence-corrected chi connectivity index (χ1v) is 5.56. The van der Waals surface area contributed by atoms with Crippen molar-refractivity contribution in [3.8, 4) is 0 Å². The lowest BCUT2D eigenvalue weighted by atomic mass is 9.89. The van der Waals surface area contributed by atoms with Crippen LogP contribution in [0, 0.1) is 5.92 Å². The molecule has 1 aliphatic rings. The van der Waals surface area contributed by atoms with E-state index in [9.17, 15) is 4.79 Å². The molecule has 3 heteroatoms. The Kier molecular flexibility index (Phi) is 4.64. The number of thiol groups is 1. The molecule has 13 heavy (non-hydrogen) atoms. The largest absolute Gasteiger partial charge is 0.464 e. The molecule has 0 aliphatic heterocycles. The van der Waals surface area contributed by atoms with Crippen LogP contribution in [0.15, 0.2) is 0 Å². The third-order valence-electron chi connectivity index (χ3n) is 2.41. The lowest BCUT2D eigenvalue weighted by molar-refractivity contribution is -0.149. The molecule has 0 saturated heterocycles. The summed E-state index contributed by atoms with van der Waals surface area (Å²) in [5.74, 6) is 0.154. The van der Waals surface area contributed by atoms with Gasteiger partial charge in [0.2, 0.25) is 0 Å². The zero-order chi connectivity index (χ0) is 9.68. The molecule has 1 aliphatic carbocycles. The van der Waals surface area contributed by atoms with Crippen molar-refractivity contribution >= 4 is 18.6 Å². The minimum Gasteiger partial charge on any atom is -0.464 e. The smallest absolute Gasteiger partial charge is 0.308 e. The Morgan fingerprint density at radius 2 is 2.08 bits per heavy atom. The van der Waals surface area contributed by atoms with Crippen LogP contribution in [-0.2, 0) is 9.53 Å². The Morgan fingerprint density at radius 1 is 1.46 bits per heavy atom. The topological polar surface area (TPSA) is 26.3 Å². The van der Waals surface area contributed by atoms with Gasteiger partial charge in [-0.05, 0) is 12.8 Å². The van der Waals surface area contributed by atoms with Gasteiger partial charge in [-0.2, -0.15) is 12.6 Å². The van der Waals surface area contributed by atoms with Gasteiger partial charge in [0.15, 0.2) is 0 Å². The van der Waals surface area contributed by atoms with E-state index < -0.39 is 0 Å². The maximum Gasteiger partial charge on any atom is 0.308 e. The summed E-state index contributed by atoms with van der Waals surface area (Å²) in [6.07, 6.45) is 5.65. The van der Waals surface area contributed by atoms with Crippen LogP contribution < -0.4 is 0 Å². The first-order valence-electron chi connectivity index (χ1n) is 5.05. The summed E-state index contributed by atoms with van der Waals surface area (Å²) in [6.45, 7) is 2.37. The Hall–Kier alpha value is -0.180. The van der Waals surface area contributed by atoms with Crippen molar-refractivity contribution in [1.29, 1.82) is 0 Å². The van der Waals surface area contributed by atoms with E-state index in [1.54, 1.807) is 0 Å². The molecule has 0 spiro atoms. The Labute approximate surface area is 85.4 Å². The highest BCUT2D eigenvalue weighted by atomic mass is 32.1. The van der Waals surface area contributed by atoms with Crippen molar-refractivity contribution in [1.82, 2.24) is 0 Å². The first kappa shape index (κ1) is 10.9. The first-order chi connectivity index (χ1) is 6.20. The van der Waals surface area contributed by atoms with E-state index in [2.05, 4.69) is 12.6 Å². The molecule has 0 amide bonds. The van der Waals surface area contributed by atoms with E-state index >= 15 is 0 Å². The van der Waals surface area contributed by atoms with Crippen LogP contribution in [0.25, 0.3) is 0 Å². The molecular weight excluding hydrogens is 184 g/mol. The van der Waals surface area contributed by atoms with Crippen molar-refractivity contribution in [3.63, 3.8) is 0 Å². The number of carbonyl (C=O) groups is 1. The molecule has 0 aromatic carbocycles. The third kappa shape index (κ3) is 4.03. The second-order valence-electron chi connectivity index (χ2n) is 3.81. The van der Waals surface area contributed by atoms with Gasteiger partial charge in [0.05, 0.1) is 5.92 Å². The lowest BCUT2D eigenvalue weighted by Crippen LogP contribution is -2.22. The number of carbonyl (C=O) groups excluding carboxylic acids is 1. The molecule has 0 aromatic rings. The van der Waals surface area contributed by atoms with Crippen LogP contribution in [0.4, 0.5) is 0 Å². The molecule has 0 radical (unpaired) electrons. The summed E-state index contributed by atoms with van der Waals surface area (Å²) in [5, 5.41) is 0.146. The van der Waals surface area contributed by atoms with Crippen LogP contribution in [0.3, 0.4) is 0 Å². The van der Waals surface area contributed by atoms with E-state index in [1.165, 1.54) is 19.3 Å². The minimum absolute atomic E-state index is 0.0133. The lowest BCUT2D eigenvalue weighted by Gasteiger charge is -2.20. The van der Waals surface area contributed by atoms with Crippen molar-refractivity contribution < 1.29 is 9.53 Å². The number of rotatable bonds is 3. The Bertz CT molecular complexity index is 162. The third-order valence-corrected chi connectivity index (χ3v) is 2.55. The molecule has 1 rings (SSSR count). The van der Waals surface area contributed by atoms with E-state index in [0.717, 1.165) is 12.8 Å². The monoisotopic (exact) mass is 202 g/mol. The standard InChI is InChI=1S/C10H18O2S/c1-8(13)7-12-10(11)9-5-3-2-4-6-9/h8-9,13H,2-7H2,1H3/t8-/m1/s1. The molecule has 1 fully saturated rings. The summed E-state index contributed by atoms with van der Waals surface area (Å²) < 4.78 is 5.13. The SMILES string of the molecule is C[C@@H](S)COC(=O)C1CCCCC1. The average molecular weight is 202 g/mol. The predicted molar refractivity (Wildman–Crippen MR) is 56.0 cm³/mol. The van der Waals surface area contributed by atoms with E-state index in [-0.39, 0.29) is 17.1 Å². The molecule has 1 saturated carbocycles. The quantitative estimate of drug-likeness (QED) is 0.562. The number of hydrogen-bond acceptors (Lipinski definition) is 3. The molecule has 76 valence electrons. The minimum atomic E-state index is -0.0133. The maximum absolute atomic E-state index is 11.4. The zero-order valence-corrected chi connectivity index (χ0v) is 9.06. The molecular formula is C10H18O2S. The van der Waals surface area contributed by atoms with Gasteiger partial charge in [-0.15, -0.1) is 0 Å². The fourth-order valence-electron chi connectivity index (χ4n) is 1.66. The van der Waals surface area contributed by atoms with Gasteiger partial charge in [0, 0.05) is 5.25 Å². The van der Waals surface area contributed by atoms with E-state index in [0.29, 0.717) is 6.61 Å². The van der Waals surface area contributed by atoms with Gasteiger partial charge in [0.25, 0.3) is 0 Å². The van der Waals surface area contributed by atoms with Crippen molar-refractivity contribution in [2.24, 2.45) is 5.92 Å². The predicted octanol–water partition coefficient (Wildman–Crippen LogP) is 2.43. The molecule has 0 heterocycles. The summed E-state index contributed by atoms with van der Waals surface area (Å²) >= 11 is 4.16. The molecule has 2 nitrogen and oxygen atoms in total. The van der Waals surface area contributed by atoms with Crippen molar-refractivity contribution in [2.45, 2.75) is 44.3 Å². The van der Waals surface area contributed by atoms with Crippen molar-refractivity contribution in [3.05, 3.63) is 0 Å². The highest BCUT2D eigenvalue weighted by Crippen LogP contribution is 2.24. The van der Waals surface area contributed by atoms with E-state index in [4.69, 9.17) is 4.74 Å². The zero-order valence-electron chi connectivity index (χ0n) is 8.16. The van der Waals surface area contributed by atoms with Crippen molar-refractivity contribution in [2.75, 3.05) is 6.61 Å². The Balaban J connectivity index is 2.21. The highest BCUT2D eigenvalue weighted by molar-refractivity contribution is 7.80. The number of ether oxygens (including phenoxy) is 1. The van der Waals surface area contributed by atoms with Crippen LogP contribution >= 0.6 is 12.6 Å². The summed E-state index contributed by atoms with van der Waals surface area (Å²) in [4.78, 5) is 11.4. The van der Waals surface area contributed by atoms with Crippen LogP contribution in [0.5, 0.6) is 0 Å². The molecule has 0 unspecified atom stereocenters. The molecule has 1 atom stereocenters. The molecule has 0 bridgehead atoms. The highest BCUT2D eigenvalue weighted by Gasteiger charge is 2.22. The second-order valence-corrected chi connectivity index (χ2v) is 4.70. The number of hydrogen-bond donors (Lipinski definition) is 1. The van der Waals surface area contributed by atoms with Crippen LogP contribution in [0.2, 0.25) is 0 Å². The van der Waals surface area contributed by atoms with Gasteiger partial charge in [-0.3, -0.25) is 4.79 Å². The van der Waals surface area contributed by atoms with Crippen LogP contribution in [-0.4, -0.2) is 17.8 Å². The summed E-state index contributed by atoms with van der Waals surface area (Å²) in [5.41, 5.74) is 0. The van der Waals surface area contributed by atoms with Gasteiger partial charge < -0.3 is 4.74 Å². The van der Waals surface area contributed by atoms with Crippen LogP contribution in [0.1, 0.15) is 39.0 Å². The fraction of sp³-hybridized carbons (Fsp3) is 0.900. The maximum atomic E-state index is 11.4. The molecule has 0 N–H and O–H groups in total. The van der Waals surface area contributed by atoms with Gasteiger partial charge in [0.1, 0.15) is 6.61 Å². The van der Waals surface area contributed by atoms with Gasteiger partial charge >= 0.3 is 5.97 Å². The normalized spacial score (nSPS) is 21.1. The van der Waals surface area contributed by atoms with E-state index in [1.807, 2.05) is 6.92 Å². The summed E-state index contributed by atoms with van der Waals surface area (Å²) in [6, 6.07) is 0. The molecule has 0 aromatic heterocycles. The number of esters is 1.